The third-order valence-electron chi connectivity index (χ3n) is 3.55. The topological polar surface area (TPSA) is 50.4 Å². The average Bonchev–Trinajstić information content (AvgIpc) is 2.52. The van der Waals surface area contributed by atoms with Gasteiger partial charge in [-0.1, -0.05) is 41.4 Å². The average molecular weight is 333 g/mol. The second-order valence-electron chi connectivity index (χ2n) is 5.42. The maximum atomic E-state index is 12.0. The smallest absolute Gasteiger partial charge is 0.319 e. The molecule has 0 fully saturated rings. The third kappa shape index (κ3) is 4.89. The van der Waals surface area contributed by atoms with Gasteiger partial charge in [0.1, 0.15) is 5.75 Å². The largest absolute Gasteiger partial charge is 0.495 e. The van der Waals surface area contributed by atoms with Crippen LogP contribution in [0.1, 0.15) is 16.7 Å². The molecule has 0 spiro atoms. The van der Waals surface area contributed by atoms with E-state index in [0.717, 1.165) is 12.0 Å². The van der Waals surface area contributed by atoms with Crippen LogP contribution in [0, 0.1) is 13.8 Å². The summed E-state index contributed by atoms with van der Waals surface area (Å²) in [4.78, 5) is 12.0. The Morgan fingerprint density at radius 2 is 1.87 bits per heavy atom. The minimum Gasteiger partial charge on any atom is -0.495 e. The summed E-state index contributed by atoms with van der Waals surface area (Å²) in [7, 11) is 1.54. The summed E-state index contributed by atoms with van der Waals surface area (Å²) < 4.78 is 5.24. The Morgan fingerprint density at radius 1 is 1.17 bits per heavy atom. The molecule has 2 aromatic carbocycles. The second kappa shape index (κ2) is 7.88. The van der Waals surface area contributed by atoms with E-state index in [-0.39, 0.29) is 6.03 Å². The zero-order valence-electron chi connectivity index (χ0n) is 13.6. The number of hydrogen-bond acceptors (Lipinski definition) is 2. The first-order chi connectivity index (χ1) is 11.0. The van der Waals surface area contributed by atoms with Gasteiger partial charge in [-0.3, -0.25) is 0 Å². The van der Waals surface area contributed by atoms with Gasteiger partial charge in [0.25, 0.3) is 0 Å². The lowest BCUT2D eigenvalue weighted by Crippen LogP contribution is -2.30. The van der Waals surface area contributed by atoms with Gasteiger partial charge in [-0.15, -0.1) is 0 Å². The van der Waals surface area contributed by atoms with Crippen LogP contribution in [0.15, 0.2) is 36.4 Å². The molecule has 0 heterocycles. The Kier molecular flexibility index (Phi) is 5.88. The van der Waals surface area contributed by atoms with Crippen LogP contribution >= 0.6 is 11.6 Å². The van der Waals surface area contributed by atoms with Crippen LogP contribution in [0.25, 0.3) is 0 Å². The Balaban J connectivity index is 1.89. The molecule has 0 saturated carbocycles. The molecular weight excluding hydrogens is 312 g/mol. The number of hydrogen-bond donors (Lipinski definition) is 2. The molecule has 0 aromatic heterocycles. The van der Waals surface area contributed by atoms with Gasteiger partial charge in [0.15, 0.2) is 0 Å². The van der Waals surface area contributed by atoms with Gasteiger partial charge in [-0.05, 0) is 37.5 Å². The quantitative estimate of drug-likeness (QED) is 0.856. The van der Waals surface area contributed by atoms with Crippen molar-refractivity contribution in [1.82, 2.24) is 5.32 Å². The number of aryl methyl sites for hydroxylation is 2. The molecule has 0 atom stereocenters. The number of urea groups is 1. The van der Waals surface area contributed by atoms with E-state index in [4.69, 9.17) is 16.3 Å². The van der Waals surface area contributed by atoms with Gasteiger partial charge in [0.2, 0.25) is 0 Å². The Labute approximate surface area is 141 Å². The van der Waals surface area contributed by atoms with Gasteiger partial charge in [0, 0.05) is 17.6 Å². The predicted octanol–water partition coefficient (Wildman–Crippen LogP) is 4.33. The molecule has 0 bridgehead atoms. The van der Waals surface area contributed by atoms with E-state index < -0.39 is 0 Å². The van der Waals surface area contributed by atoms with Crippen LogP contribution in [0.2, 0.25) is 5.02 Å². The summed E-state index contributed by atoms with van der Waals surface area (Å²) in [5.41, 5.74) is 3.89. The molecule has 4 nitrogen and oxygen atoms in total. The fourth-order valence-corrected chi connectivity index (χ4v) is 2.33. The van der Waals surface area contributed by atoms with Crippen molar-refractivity contribution in [2.75, 3.05) is 19.0 Å². The predicted molar refractivity (Wildman–Crippen MR) is 94.6 cm³/mol. The number of carbonyl (C=O) groups is 1. The first-order valence-electron chi connectivity index (χ1n) is 7.44. The van der Waals surface area contributed by atoms with Crippen molar-refractivity contribution in [3.05, 3.63) is 58.1 Å². The van der Waals surface area contributed by atoms with Crippen LogP contribution in [-0.4, -0.2) is 19.7 Å². The highest BCUT2D eigenvalue weighted by Gasteiger charge is 2.10. The van der Waals surface area contributed by atoms with E-state index in [0.29, 0.717) is 23.0 Å². The monoisotopic (exact) mass is 332 g/mol. The van der Waals surface area contributed by atoms with E-state index in [1.54, 1.807) is 19.2 Å². The summed E-state index contributed by atoms with van der Waals surface area (Å²) in [5.74, 6) is 0.536. The molecule has 0 aliphatic heterocycles. The van der Waals surface area contributed by atoms with Crippen molar-refractivity contribution in [3.63, 3.8) is 0 Å². The van der Waals surface area contributed by atoms with Crippen LogP contribution in [-0.2, 0) is 6.42 Å². The number of amides is 2. The van der Waals surface area contributed by atoms with Gasteiger partial charge < -0.3 is 15.4 Å². The molecular formula is C18H21ClN2O2. The SMILES string of the molecule is COc1cc(Cl)c(C)cc1NC(=O)NCCc1ccc(C)cc1. The molecule has 0 aliphatic carbocycles. The lowest BCUT2D eigenvalue weighted by Gasteiger charge is -2.13. The molecule has 2 amide bonds. The molecule has 2 rings (SSSR count). The molecule has 23 heavy (non-hydrogen) atoms. The number of halogens is 1. The number of methoxy groups -OCH3 is 1. The fourth-order valence-electron chi connectivity index (χ4n) is 2.17. The Morgan fingerprint density at radius 3 is 2.52 bits per heavy atom. The highest BCUT2D eigenvalue weighted by molar-refractivity contribution is 6.31. The van der Waals surface area contributed by atoms with Crippen molar-refractivity contribution in [3.8, 4) is 5.75 Å². The fraction of sp³-hybridized carbons (Fsp3) is 0.278. The van der Waals surface area contributed by atoms with Crippen molar-refractivity contribution in [2.24, 2.45) is 0 Å². The Bertz CT molecular complexity index is 684. The maximum Gasteiger partial charge on any atom is 0.319 e. The van der Waals surface area contributed by atoms with Gasteiger partial charge in [-0.25, -0.2) is 4.79 Å². The minimum atomic E-state index is -0.267. The molecule has 0 aliphatic rings. The highest BCUT2D eigenvalue weighted by atomic mass is 35.5. The zero-order chi connectivity index (χ0) is 16.8. The molecule has 0 radical (unpaired) electrons. The van der Waals surface area contributed by atoms with Crippen LogP contribution in [0.4, 0.5) is 10.5 Å². The summed E-state index contributed by atoms with van der Waals surface area (Å²) in [6.07, 6.45) is 0.782. The molecule has 2 N–H and O–H groups in total. The lowest BCUT2D eigenvalue weighted by molar-refractivity contribution is 0.252. The number of nitrogens with one attached hydrogen (secondary N) is 2. The van der Waals surface area contributed by atoms with E-state index in [9.17, 15) is 4.79 Å². The Hall–Kier alpha value is -2.20. The highest BCUT2D eigenvalue weighted by Crippen LogP contribution is 2.30. The number of anilines is 1. The van der Waals surface area contributed by atoms with Crippen LogP contribution in [0.3, 0.4) is 0 Å². The van der Waals surface area contributed by atoms with Gasteiger partial charge in [0.05, 0.1) is 12.8 Å². The van der Waals surface area contributed by atoms with Crippen molar-refractivity contribution in [1.29, 1.82) is 0 Å². The van der Waals surface area contributed by atoms with E-state index in [1.807, 2.05) is 6.92 Å². The molecule has 5 heteroatoms. The van der Waals surface area contributed by atoms with E-state index in [1.165, 1.54) is 11.1 Å². The minimum absolute atomic E-state index is 0.267. The van der Waals surface area contributed by atoms with Crippen molar-refractivity contribution < 1.29 is 9.53 Å². The third-order valence-corrected chi connectivity index (χ3v) is 3.96. The van der Waals surface area contributed by atoms with Crippen LogP contribution in [0.5, 0.6) is 5.75 Å². The number of benzene rings is 2. The van der Waals surface area contributed by atoms with Crippen LogP contribution < -0.4 is 15.4 Å². The lowest BCUT2D eigenvalue weighted by atomic mass is 10.1. The number of carbonyl (C=O) groups excluding carboxylic acids is 1. The molecule has 2 aromatic rings. The normalized spacial score (nSPS) is 10.3. The van der Waals surface area contributed by atoms with E-state index >= 15 is 0 Å². The van der Waals surface area contributed by atoms with Crippen molar-refractivity contribution >= 4 is 23.3 Å². The first-order valence-corrected chi connectivity index (χ1v) is 7.82. The number of rotatable bonds is 5. The first kappa shape index (κ1) is 17.2. The summed E-state index contributed by atoms with van der Waals surface area (Å²) in [6, 6.07) is 11.5. The van der Waals surface area contributed by atoms with Gasteiger partial charge >= 0.3 is 6.03 Å². The van der Waals surface area contributed by atoms with Gasteiger partial charge in [-0.2, -0.15) is 0 Å². The zero-order valence-corrected chi connectivity index (χ0v) is 14.3. The number of ether oxygens (including phenoxy) is 1. The second-order valence-corrected chi connectivity index (χ2v) is 5.83. The molecule has 0 saturated heterocycles. The molecule has 0 unspecified atom stereocenters. The maximum absolute atomic E-state index is 12.0. The van der Waals surface area contributed by atoms with Crippen molar-refractivity contribution in [2.45, 2.75) is 20.3 Å². The molecule has 122 valence electrons. The summed E-state index contributed by atoms with van der Waals surface area (Å²) in [5, 5.41) is 6.24. The van der Waals surface area contributed by atoms with E-state index in [2.05, 4.69) is 41.8 Å². The summed E-state index contributed by atoms with van der Waals surface area (Å²) in [6.45, 7) is 4.49. The standard InChI is InChI=1S/C18H21ClN2O2/c1-12-4-6-14(7-5-12)8-9-20-18(22)21-16-10-13(2)15(19)11-17(16)23-3/h4-7,10-11H,8-9H2,1-3H3,(H2,20,21,22). The summed E-state index contributed by atoms with van der Waals surface area (Å²) >= 11 is 6.06.